The Balaban J connectivity index is 1.52. The highest BCUT2D eigenvalue weighted by atomic mass is 32.2. The molecular formula is C44H32N4O12S4. The molecule has 20 heteroatoms. The van der Waals surface area contributed by atoms with Crippen molar-refractivity contribution >= 4 is 62.8 Å². The SMILES string of the molecule is O=S(=O)(O)c1ccccc1C1=c2ccc([nH]2)=C(c2ccccc2S(=O)(=O)O)c2ccc([nH]2)C(c2ccccc2S(=O)(=O)O)=c2ccc([nH]2)=C(c2ccccc2S(=O)(=O)O)c2ccc1[nH]2. The maximum atomic E-state index is 12.9. The molecule has 5 heterocycles. The van der Waals surface area contributed by atoms with Crippen LogP contribution in [-0.4, -0.2) is 71.8 Å². The van der Waals surface area contributed by atoms with Crippen LogP contribution in [0.25, 0.3) is 22.3 Å². The predicted octanol–water partition coefficient (Wildman–Crippen LogP) is 3.29. The van der Waals surface area contributed by atoms with Crippen LogP contribution in [-0.2, 0) is 40.5 Å². The fraction of sp³-hybridized carbons (Fsp3) is 0. The predicted molar refractivity (Wildman–Crippen MR) is 233 cm³/mol. The molecule has 8 aromatic rings. The lowest BCUT2D eigenvalue weighted by atomic mass is 10.0. The smallest absolute Gasteiger partial charge is 0.295 e. The Morgan fingerprint density at radius 2 is 0.469 bits per heavy atom. The highest BCUT2D eigenvalue weighted by Gasteiger charge is 2.27. The Hall–Kier alpha value is -6.88. The van der Waals surface area contributed by atoms with Gasteiger partial charge in [0.2, 0.25) is 0 Å². The average Bonchev–Trinajstić information content (AvgIpc) is 4.08. The number of aromatic nitrogens is 4. The summed E-state index contributed by atoms with van der Waals surface area (Å²) in [6.07, 6.45) is 0. The van der Waals surface area contributed by atoms with E-state index in [0.717, 1.165) is 0 Å². The maximum absolute atomic E-state index is 12.9. The van der Waals surface area contributed by atoms with Gasteiger partial charge in [-0.1, -0.05) is 72.8 Å². The molecule has 0 fully saturated rings. The minimum absolute atomic E-state index is 0.0220. The molecule has 0 radical (unpaired) electrons. The van der Waals surface area contributed by atoms with Crippen molar-refractivity contribution in [2.24, 2.45) is 0 Å². The first-order valence-electron chi connectivity index (χ1n) is 18.8. The Labute approximate surface area is 364 Å². The minimum Gasteiger partial charge on any atom is -0.354 e. The summed E-state index contributed by atoms with van der Waals surface area (Å²) in [5.74, 6) is 0. The number of hydrogen-bond donors (Lipinski definition) is 8. The Kier molecular flexibility index (Phi) is 10.2. The number of nitrogens with one attached hydrogen (secondary N) is 4. The zero-order chi connectivity index (χ0) is 45.3. The summed E-state index contributed by atoms with van der Waals surface area (Å²) in [5.41, 5.74) is 1.74. The number of aromatic amines is 4. The van der Waals surface area contributed by atoms with E-state index in [2.05, 4.69) is 19.9 Å². The van der Waals surface area contributed by atoms with Crippen LogP contribution >= 0.6 is 0 Å². The van der Waals surface area contributed by atoms with E-state index in [4.69, 9.17) is 0 Å². The molecule has 0 spiro atoms. The van der Waals surface area contributed by atoms with Crippen molar-refractivity contribution in [2.75, 3.05) is 0 Å². The lowest BCUT2D eigenvalue weighted by molar-refractivity contribution is 0.480. The van der Waals surface area contributed by atoms with Crippen LogP contribution in [0.15, 0.2) is 165 Å². The normalized spacial score (nSPS) is 13.7. The number of fused-ring (bicyclic) bond motifs is 8. The van der Waals surface area contributed by atoms with Gasteiger partial charge in [-0.25, -0.2) is 0 Å². The molecule has 8 N–H and O–H groups in total. The minimum atomic E-state index is -4.87. The van der Waals surface area contributed by atoms with Crippen molar-refractivity contribution in [3.63, 3.8) is 0 Å². The molecule has 8 bridgehead atoms. The first kappa shape index (κ1) is 42.4. The second-order valence-corrected chi connectivity index (χ2v) is 20.1. The van der Waals surface area contributed by atoms with Gasteiger partial charge in [0, 0.05) is 88.7 Å². The zero-order valence-electron chi connectivity index (χ0n) is 32.5. The average molecular weight is 937 g/mol. The molecule has 324 valence electrons. The second-order valence-electron chi connectivity index (χ2n) is 14.5. The summed E-state index contributed by atoms with van der Waals surface area (Å²) in [6.45, 7) is 0. The molecule has 0 aliphatic carbocycles. The molecule has 64 heavy (non-hydrogen) atoms. The molecule has 1 aliphatic heterocycles. The monoisotopic (exact) mass is 936 g/mol. The van der Waals surface area contributed by atoms with Gasteiger partial charge in [-0.15, -0.1) is 0 Å². The summed E-state index contributed by atoms with van der Waals surface area (Å²) in [6, 6.07) is 35.2. The highest BCUT2D eigenvalue weighted by Crippen LogP contribution is 2.33. The molecule has 9 rings (SSSR count). The van der Waals surface area contributed by atoms with E-state index in [9.17, 15) is 51.9 Å². The fourth-order valence-electron chi connectivity index (χ4n) is 8.08. The molecule has 0 saturated carbocycles. The van der Waals surface area contributed by atoms with Crippen LogP contribution in [0.5, 0.6) is 0 Å². The van der Waals surface area contributed by atoms with Gasteiger partial charge in [0.15, 0.2) is 0 Å². The van der Waals surface area contributed by atoms with Gasteiger partial charge in [-0.2, -0.15) is 33.7 Å². The fourth-order valence-corrected chi connectivity index (χ4v) is 10.9. The van der Waals surface area contributed by atoms with Crippen molar-refractivity contribution in [2.45, 2.75) is 19.6 Å². The zero-order valence-corrected chi connectivity index (χ0v) is 35.8. The lowest BCUT2D eigenvalue weighted by Crippen LogP contribution is -2.20. The van der Waals surface area contributed by atoms with Crippen molar-refractivity contribution < 1.29 is 51.9 Å². The van der Waals surface area contributed by atoms with E-state index in [0.29, 0.717) is 0 Å². The van der Waals surface area contributed by atoms with Gasteiger partial charge in [0.05, 0.1) is 0 Å². The maximum Gasteiger partial charge on any atom is 0.295 e. The quantitative estimate of drug-likeness (QED) is 0.102. The van der Waals surface area contributed by atoms with Gasteiger partial charge in [-0.3, -0.25) is 18.2 Å². The third-order valence-corrected chi connectivity index (χ3v) is 14.3. The van der Waals surface area contributed by atoms with E-state index in [1.54, 1.807) is 72.8 Å². The summed E-state index contributed by atoms with van der Waals surface area (Å²) in [4.78, 5) is 11.3. The molecule has 0 amide bonds. The third-order valence-electron chi connectivity index (χ3n) is 10.6. The van der Waals surface area contributed by atoms with Crippen LogP contribution in [0.1, 0.15) is 45.0 Å². The van der Waals surface area contributed by atoms with E-state index in [-0.39, 0.29) is 88.7 Å². The third kappa shape index (κ3) is 7.67. The van der Waals surface area contributed by atoms with Gasteiger partial charge >= 0.3 is 0 Å². The largest absolute Gasteiger partial charge is 0.354 e. The number of benzene rings is 4. The molecule has 0 unspecified atom stereocenters. The summed E-state index contributed by atoms with van der Waals surface area (Å²) in [7, 11) is -19.5. The Morgan fingerprint density at radius 3 is 0.672 bits per heavy atom. The lowest BCUT2D eigenvalue weighted by Gasteiger charge is -2.13. The molecule has 4 aromatic carbocycles. The van der Waals surface area contributed by atoms with Crippen LogP contribution < -0.4 is 21.4 Å². The molecule has 1 aliphatic rings. The van der Waals surface area contributed by atoms with Crippen LogP contribution in [0.3, 0.4) is 0 Å². The first-order chi connectivity index (χ1) is 30.3. The first-order valence-corrected chi connectivity index (χ1v) is 24.6. The van der Waals surface area contributed by atoms with Crippen LogP contribution in [0.2, 0.25) is 0 Å². The van der Waals surface area contributed by atoms with E-state index < -0.39 is 60.1 Å². The molecule has 0 saturated heterocycles. The van der Waals surface area contributed by atoms with Crippen LogP contribution in [0.4, 0.5) is 0 Å². The summed E-state index contributed by atoms with van der Waals surface area (Å²) in [5, 5.41) is 0.932. The molecule has 16 nitrogen and oxygen atoms in total. The van der Waals surface area contributed by atoms with Crippen molar-refractivity contribution in [3.8, 4) is 0 Å². The van der Waals surface area contributed by atoms with Crippen molar-refractivity contribution in [1.82, 2.24) is 19.9 Å². The second kappa shape index (κ2) is 15.4. The highest BCUT2D eigenvalue weighted by molar-refractivity contribution is 7.86. The van der Waals surface area contributed by atoms with Gasteiger partial charge in [-0.05, 0) is 72.8 Å². The van der Waals surface area contributed by atoms with Gasteiger partial charge < -0.3 is 19.9 Å². The Bertz CT molecular complexity index is 3470. The topological polar surface area (TPSA) is 281 Å². The van der Waals surface area contributed by atoms with Crippen molar-refractivity contribution in [1.29, 1.82) is 0 Å². The molecule has 4 aromatic heterocycles. The standard InChI is InChI=1S/C44H32N4O12S4/c49-61(50,51)37-13-5-1-9-25(37)41-29-17-19-31(45-29)42(26-10-2-6-14-38(26)62(52,53)54)33-21-23-35(47-33)44(28-12-4-8-16-40(28)64(58,59)60)36-24-22-34(48-36)43(32-20-18-30(41)46-32)27-11-3-7-15-39(27)63(55,56)57/h1-24,45-48H,(H,49,50,51)(H,52,53,54)(H,55,56,57)(H,58,59,60). The number of hydrogen-bond acceptors (Lipinski definition) is 8. The molecule has 0 atom stereocenters. The van der Waals surface area contributed by atoms with Gasteiger partial charge in [0.1, 0.15) is 19.6 Å². The number of H-pyrrole nitrogens is 4. The molecular weight excluding hydrogens is 905 g/mol. The van der Waals surface area contributed by atoms with Gasteiger partial charge in [0.25, 0.3) is 40.5 Å². The van der Waals surface area contributed by atoms with E-state index >= 15 is 0 Å². The summed E-state index contributed by atoms with van der Waals surface area (Å²) < 4.78 is 145. The summed E-state index contributed by atoms with van der Waals surface area (Å²) >= 11 is 0. The van der Waals surface area contributed by atoms with E-state index in [1.165, 1.54) is 72.8 Å². The van der Waals surface area contributed by atoms with Crippen molar-refractivity contribution in [3.05, 3.63) is 212 Å². The van der Waals surface area contributed by atoms with E-state index in [1.807, 2.05) is 0 Å². The Morgan fingerprint density at radius 1 is 0.266 bits per heavy atom. The van der Waals surface area contributed by atoms with Crippen LogP contribution in [0, 0.1) is 0 Å². The number of rotatable bonds is 8.